The molecule has 6 nitrogen and oxygen atoms in total. The summed E-state index contributed by atoms with van der Waals surface area (Å²) < 4.78 is 5.49. The van der Waals surface area contributed by atoms with Gasteiger partial charge in [0.05, 0.1) is 0 Å². The molecule has 0 saturated carbocycles. The molecular formula is C28H31N3O3. The lowest BCUT2D eigenvalue weighted by Gasteiger charge is -2.34. The lowest BCUT2D eigenvalue weighted by Crippen LogP contribution is -2.44. The van der Waals surface area contributed by atoms with Crippen molar-refractivity contribution < 1.29 is 14.3 Å². The number of hydrogen-bond donors (Lipinski definition) is 2. The van der Waals surface area contributed by atoms with Gasteiger partial charge in [0.1, 0.15) is 5.60 Å². The van der Waals surface area contributed by atoms with Crippen LogP contribution >= 0.6 is 0 Å². The first kappa shape index (κ1) is 22.3. The second-order valence-corrected chi connectivity index (χ2v) is 10.2. The van der Waals surface area contributed by atoms with Crippen molar-refractivity contribution in [2.75, 3.05) is 23.7 Å². The Morgan fingerprint density at radius 1 is 1.06 bits per heavy atom. The fourth-order valence-electron chi connectivity index (χ4n) is 4.81. The molecule has 0 unspecified atom stereocenters. The molecule has 3 aromatic rings. The highest BCUT2D eigenvalue weighted by Crippen LogP contribution is 2.35. The molecule has 3 aromatic carbocycles. The van der Waals surface area contributed by atoms with Crippen LogP contribution in [0.5, 0.6) is 0 Å². The van der Waals surface area contributed by atoms with Gasteiger partial charge in [0.2, 0.25) is 0 Å². The van der Waals surface area contributed by atoms with Crippen LogP contribution in [0, 0.1) is 0 Å². The molecule has 2 heterocycles. The van der Waals surface area contributed by atoms with Gasteiger partial charge in [-0.05, 0) is 80.8 Å². The number of hydrogen-bond acceptors (Lipinski definition) is 4. The zero-order valence-electron chi connectivity index (χ0n) is 20.0. The number of rotatable bonds is 4. The number of amides is 2. The topological polar surface area (TPSA) is 70.7 Å². The van der Waals surface area contributed by atoms with Crippen molar-refractivity contribution in [3.63, 3.8) is 0 Å². The molecule has 0 aromatic heterocycles. The maximum atomic E-state index is 12.3. The van der Waals surface area contributed by atoms with Crippen molar-refractivity contribution in [1.29, 1.82) is 0 Å². The van der Waals surface area contributed by atoms with E-state index in [9.17, 15) is 9.59 Å². The Labute approximate surface area is 200 Å². The smallest absolute Gasteiger partial charge is 0.410 e. The number of carbonyl (C=O) groups excluding carboxylic acids is 2. The second kappa shape index (κ2) is 8.67. The first-order valence-electron chi connectivity index (χ1n) is 12.0. The van der Waals surface area contributed by atoms with Gasteiger partial charge in [-0.3, -0.25) is 4.79 Å². The summed E-state index contributed by atoms with van der Waals surface area (Å²) in [4.78, 5) is 26.2. The monoisotopic (exact) mass is 457 g/mol. The summed E-state index contributed by atoms with van der Waals surface area (Å²) >= 11 is 0. The first-order valence-corrected chi connectivity index (χ1v) is 12.0. The van der Waals surface area contributed by atoms with E-state index in [1.807, 2.05) is 39.0 Å². The maximum Gasteiger partial charge on any atom is 0.410 e. The number of anilines is 2. The van der Waals surface area contributed by atoms with Crippen molar-refractivity contribution >= 4 is 34.1 Å². The molecule has 176 valence electrons. The third kappa shape index (κ3) is 4.58. The predicted molar refractivity (Wildman–Crippen MR) is 136 cm³/mol. The van der Waals surface area contributed by atoms with E-state index in [0.717, 1.165) is 47.0 Å². The van der Waals surface area contributed by atoms with Gasteiger partial charge in [-0.2, -0.15) is 0 Å². The molecule has 0 bridgehead atoms. The van der Waals surface area contributed by atoms with Gasteiger partial charge in [0.25, 0.3) is 5.91 Å². The summed E-state index contributed by atoms with van der Waals surface area (Å²) in [5.41, 5.74) is 4.73. The average molecular weight is 458 g/mol. The molecule has 0 aliphatic carbocycles. The van der Waals surface area contributed by atoms with Crippen LogP contribution in [0.15, 0.2) is 54.6 Å². The minimum atomic E-state index is -0.463. The Hall–Kier alpha value is -3.54. The molecule has 1 saturated heterocycles. The van der Waals surface area contributed by atoms with Gasteiger partial charge in [0, 0.05) is 41.5 Å². The van der Waals surface area contributed by atoms with E-state index in [1.165, 1.54) is 11.1 Å². The molecule has 0 atom stereocenters. The van der Waals surface area contributed by atoms with E-state index in [0.29, 0.717) is 19.1 Å². The molecule has 0 radical (unpaired) electrons. The first-order chi connectivity index (χ1) is 16.3. The van der Waals surface area contributed by atoms with Crippen molar-refractivity contribution in [2.45, 2.75) is 51.7 Å². The summed E-state index contributed by atoms with van der Waals surface area (Å²) in [5.74, 6) is -0.0231. The summed E-state index contributed by atoms with van der Waals surface area (Å²) in [6, 6.07) is 19.0. The molecule has 2 amide bonds. The molecule has 2 aliphatic heterocycles. The van der Waals surface area contributed by atoms with Crippen molar-refractivity contribution in [3.05, 3.63) is 71.3 Å². The van der Waals surface area contributed by atoms with Crippen LogP contribution in [-0.4, -0.2) is 41.6 Å². The zero-order valence-corrected chi connectivity index (χ0v) is 20.0. The van der Waals surface area contributed by atoms with E-state index < -0.39 is 5.60 Å². The molecular weight excluding hydrogens is 426 g/mol. The van der Waals surface area contributed by atoms with Crippen LogP contribution in [0.2, 0.25) is 0 Å². The molecule has 34 heavy (non-hydrogen) atoms. The second-order valence-electron chi connectivity index (χ2n) is 10.2. The Morgan fingerprint density at radius 3 is 2.50 bits per heavy atom. The third-order valence-electron chi connectivity index (χ3n) is 6.49. The Kier molecular flexibility index (Phi) is 5.68. The highest BCUT2D eigenvalue weighted by atomic mass is 16.6. The summed E-state index contributed by atoms with van der Waals surface area (Å²) in [6.07, 6.45) is 2.38. The van der Waals surface area contributed by atoms with E-state index in [-0.39, 0.29) is 12.0 Å². The molecule has 5 rings (SSSR count). The van der Waals surface area contributed by atoms with Crippen LogP contribution in [0.25, 0.3) is 10.8 Å². The number of benzene rings is 3. The number of likely N-dealkylation sites (tertiary alicyclic amines) is 1. The fourth-order valence-corrected chi connectivity index (χ4v) is 4.81. The zero-order chi connectivity index (χ0) is 23.9. The summed E-state index contributed by atoms with van der Waals surface area (Å²) in [5, 5.41) is 8.72. The number of ether oxygens (including phenoxy) is 1. The maximum absolute atomic E-state index is 12.3. The van der Waals surface area contributed by atoms with Crippen LogP contribution < -0.4 is 10.6 Å². The van der Waals surface area contributed by atoms with Gasteiger partial charge < -0.3 is 20.3 Å². The van der Waals surface area contributed by atoms with Gasteiger partial charge in [-0.1, -0.05) is 30.3 Å². The Bertz CT molecular complexity index is 1240. The molecule has 1 fully saturated rings. The van der Waals surface area contributed by atoms with E-state index >= 15 is 0 Å². The minimum absolute atomic E-state index is 0.0231. The standard InChI is InChI=1S/C28H31N3O3/c1-28(2,3)34-27(33)31-15-13-21(14-16-31)29-20-10-7-18(8-11-20)17-19-9-12-24-25-22(19)5-4-6-23(25)26(32)30-24/h4-12,21,29H,13-17H2,1-3H3,(H,30,32). The normalized spacial score (nSPS) is 16.0. The Morgan fingerprint density at radius 2 is 1.79 bits per heavy atom. The van der Waals surface area contributed by atoms with Crippen LogP contribution in [-0.2, 0) is 11.2 Å². The number of carbonyl (C=O) groups is 2. The van der Waals surface area contributed by atoms with Crippen molar-refractivity contribution in [2.24, 2.45) is 0 Å². The average Bonchev–Trinajstić information content (AvgIpc) is 3.13. The molecule has 6 heteroatoms. The quantitative estimate of drug-likeness (QED) is 0.519. The van der Waals surface area contributed by atoms with Crippen LogP contribution in [0.1, 0.15) is 55.1 Å². The fraction of sp³-hybridized carbons (Fsp3) is 0.357. The van der Waals surface area contributed by atoms with Crippen molar-refractivity contribution in [3.8, 4) is 0 Å². The van der Waals surface area contributed by atoms with Gasteiger partial charge >= 0.3 is 6.09 Å². The SMILES string of the molecule is CC(C)(C)OC(=O)N1CCC(Nc2ccc(Cc3ccc4c5c(cccc35)C(=O)N4)cc2)CC1. The lowest BCUT2D eigenvalue weighted by molar-refractivity contribution is 0.0210. The van der Waals surface area contributed by atoms with Gasteiger partial charge in [-0.15, -0.1) is 0 Å². The highest BCUT2D eigenvalue weighted by Gasteiger charge is 2.27. The van der Waals surface area contributed by atoms with Gasteiger partial charge in [-0.25, -0.2) is 4.79 Å². The van der Waals surface area contributed by atoms with E-state index in [1.54, 1.807) is 4.90 Å². The number of piperidine rings is 1. The summed E-state index contributed by atoms with van der Waals surface area (Å²) in [6.45, 7) is 7.09. The van der Waals surface area contributed by atoms with E-state index in [4.69, 9.17) is 4.74 Å². The number of nitrogens with zero attached hydrogens (tertiary/aromatic N) is 1. The van der Waals surface area contributed by atoms with Crippen LogP contribution in [0.3, 0.4) is 0 Å². The largest absolute Gasteiger partial charge is 0.444 e. The van der Waals surface area contributed by atoms with Gasteiger partial charge in [0.15, 0.2) is 0 Å². The number of nitrogens with one attached hydrogen (secondary N) is 2. The lowest BCUT2D eigenvalue weighted by atomic mass is 9.96. The molecule has 2 N–H and O–H groups in total. The highest BCUT2D eigenvalue weighted by molar-refractivity contribution is 6.24. The van der Waals surface area contributed by atoms with E-state index in [2.05, 4.69) is 47.0 Å². The molecule has 0 spiro atoms. The summed E-state index contributed by atoms with van der Waals surface area (Å²) in [7, 11) is 0. The van der Waals surface area contributed by atoms with Crippen molar-refractivity contribution in [1.82, 2.24) is 4.90 Å². The Balaban J connectivity index is 1.20. The van der Waals surface area contributed by atoms with Crippen LogP contribution in [0.4, 0.5) is 16.2 Å². The minimum Gasteiger partial charge on any atom is -0.444 e. The third-order valence-corrected chi connectivity index (χ3v) is 6.49. The molecule has 2 aliphatic rings. The predicted octanol–water partition coefficient (Wildman–Crippen LogP) is 5.81.